The van der Waals surface area contributed by atoms with Gasteiger partial charge < -0.3 is 4.90 Å². The number of amides is 1. The zero-order valence-electron chi connectivity index (χ0n) is 12.3. The SMILES string of the molecule is CCc1nnsc1C(=O)N1CCC[C@@H](n2cc(C)cn2)C1. The zero-order chi connectivity index (χ0) is 14.8. The van der Waals surface area contributed by atoms with Gasteiger partial charge in [0.1, 0.15) is 4.88 Å². The van der Waals surface area contributed by atoms with Crippen molar-refractivity contribution < 1.29 is 4.79 Å². The molecule has 1 fully saturated rings. The Hall–Kier alpha value is -1.76. The van der Waals surface area contributed by atoms with Crippen molar-refractivity contribution in [1.82, 2.24) is 24.3 Å². The molecule has 1 aliphatic heterocycles. The largest absolute Gasteiger partial charge is 0.336 e. The lowest BCUT2D eigenvalue weighted by Gasteiger charge is -2.32. The second kappa shape index (κ2) is 5.93. The van der Waals surface area contributed by atoms with Crippen molar-refractivity contribution >= 4 is 17.4 Å². The third kappa shape index (κ3) is 2.83. The normalized spacial score (nSPS) is 19.0. The highest BCUT2D eigenvalue weighted by molar-refractivity contribution is 7.08. The molecule has 0 bridgehead atoms. The average molecular weight is 305 g/mol. The highest BCUT2D eigenvalue weighted by Crippen LogP contribution is 2.24. The van der Waals surface area contributed by atoms with Crippen LogP contribution >= 0.6 is 11.5 Å². The van der Waals surface area contributed by atoms with E-state index >= 15 is 0 Å². The maximum atomic E-state index is 12.6. The van der Waals surface area contributed by atoms with Gasteiger partial charge in [-0.2, -0.15) is 5.10 Å². The summed E-state index contributed by atoms with van der Waals surface area (Å²) >= 11 is 1.20. The Balaban J connectivity index is 1.75. The molecule has 1 aliphatic rings. The van der Waals surface area contributed by atoms with Gasteiger partial charge in [0, 0.05) is 19.3 Å². The lowest BCUT2D eigenvalue weighted by atomic mass is 10.1. The van der Waals surface area contributed by atoms with Gasteiger partial charge in [0.25, 0.3) is 5.91 Å². The highest BCUT2D eigenvalue weighted by Gasteiger charge is 2.28. The first kappa shape index (κ1) is 14.2. The fourth-order valence-electron chi connectivity index (χ4n) is 2.73. The minimum absolute atomic E-state index is 0.0652. The van der Waals surface area contributed by atoms with Crippen molar-refractivity contribution in [3.63, 3.8) is 0 Å². The van der Waals surface area contributed by atoms with Gasteiger partial charge in [-0.05, 0) is 43.3 Å². The van der Waals surface area contributed by atoms with E-state index in [1.165, 1.54) is 11.5 Å². The van der Waals surface area contributed by atoms with Gasteiger partial charge in [0.2, 0.25) is 0 Å². The van der Waals surface area contributed by atoms with Crippen LogP contribution in [0, 0.1) is 6.92 Å². The predicted molar refractivity (Wildman–Crippen MR) is 80.4 cm³/mol. The Morgan fingerprint density at radius 2 is 2.38 bits per heavy atom. The summed E-state index contributed by atoms with van der Waals surface area (Å²) in [6.07, 6.45) is 6.72. The molecule has 0 aromatic carbocycles. The maximum absolute atomic E-state index is 12.6. The van der Waals surface area contributed by atoms with Gasteiger partial charge in [-0.25, -0.2) is 0 Å². The smallest absolute Gasteiger partial charge is 0.267 e. The molecule has 3 heterocycles. The molecule has 2 aromatic heterocycles. The number of piperidine rings is 1. The van der Waals surface area contributed by atoms with Crippen LogP contribution in [0.2, 0.25) is 0 Å². The first-order chi connectivity index (χ1) is 10.2. The predicted octanol–water partition coefficient (Wildman–Crippen LogP) is 2.08. The molecule has 6 nitrogen and oxygen atoms in total. The fourth-order valence-corrected chi connectivity index (χ4v) is 3.45. The van der Waals surface area contributed by atoms with E-state index in [1.807, 2.05) is 35.8 Å². The Bertz CT molecular complexity index is 635. The molecule has 0 aliphatic carbocycles. The Kier molecular flexibility index (Phi) is 4.01. The van der Waals surface area contributed by atoms with Crippen molar-refractivity contribution in [2.45, 2.75) is 39.2 Å². The van der Waals surface area contributed by atoms with E-state index in [0.29, 0.717) is 11.4 Å². The molecule has 2 aromatic rings. The number of carbonyl (C=O) groups excluding carboxylic acids is 1. The van der Waals surface area contributed by atoms with Crippen LogP contribution in [-0.2, 0) is 6.42 Å². The minimum Gasteiger partial charge on any atom is -0.336 e. The molecule has 0 spiro atoms. The van der Waals surface area contributed by atoms with Crippen LogP contribution in [0.4, 0.5) is 0 Å². The van der Waals surface area contributed by atoms with E-state index in [9.17, 15) is 4.79 Å². The van der Waals surface area contributed by atoms with Gasteiger partial charge >= 0.3 is 0 Å². The number of aryl methyl sites for hydroxylation is 2. The number of nitrogens with zero attached hydrogens (tertiary/aromatic N) is 5. The molecular weight excluding hydrogens is 286 g/mol. The van der Waals surface area contributed by atoms with Crippen LogP contribution in [0.25, 0.3) is 0 Å². The van der Waals surface area contributed by atoms with Gasteiger partial charge in [-0.15, -0.1) is 5.10 Å². The average Bonchev–Trinajstić information content (AvgIpc) is 3.15. The second-order valence-corrected chi connectivity index (χ2v) is 6.20. The molecule has 112 valence electrons. The van der Waals surface area contributed by atoms with Crippen molar-refractivity contribution in [2.75, 3.05) is 13.1 Å². The first-order valence-electron chi connectivity index (χ1n) is 7.30. The molecule has 3 rings (SSSR count). The molecular formula is C14H19N5OS. The molecule has 1 atom stereocenters. The topological polar surface area (TPSA) is 63.9 Å². The van der Waals surface area contributed by atoms with E-state index < -0.39 is 0 Å². The number of carbonyl (C=O) groups is 1. The quantitative estimate of drug-likeness (QED) is 0.871. The first-order valence-corrected chi connectivity index (χ1v) is 8.07. The van der Waals surface area contributed by atoms with Crippen LogP contribution in [-0.4, -0.2) is 43.3 Å². The van der Waals surface area contributed by atoms with Gasteiger partial charge in [-0.3, -0.25) is 9.48 Å². The highest BCUT2D eigenvalue weighted by atomic mass is 32.1. The summed E-state index contributed by atoms with van der Waals surface area (Å²) < 4.78 is 5.90. The maximum Gasteiger partial charge on any atom is 0.267 e. The van der Waals surface area contributed by atoms with Crippen molar-refractivity contribution in [2.24, 2.45) is 0 Å². The number of hydrogen-bond donors (Lipinski definition) is 0. The summed E-state index contributed by atoms with van der Waals surface area (Å²) in [4.78, 5) is 15.3. The lowest BCUT2D eigenvalue weighted by molar-refractivity contribution is 0.0676. The van der Waals surface area contributed by atoms with E-state index in [4.69, 9.17) is 0 Å². The summed E-state index contributed by atoms with van der Waals surface area (Å²) in [5.74, 6) is 0.0652. The van der Waals surface area contributed by atoms with Crippen LogP contribution in [0.3, 0.4) is 0 Å². The van der Waals surface area contributed by atoms with Crippen LogP contribution < -0.4 is 0 Å². The zero-order valence-corrected chi connectivity index (χ0v) is 13.1. The summed E-state index contributed by atoms with van der Waals surface area (Å²) in [5, 5.41) is 8.42. The second-order valence-electron chi connectivity index (χ2n) is 5.45. The number of likely N-dealkylation sites (tertiary alicyclic amines) is 1. The van der Waals surface area contributed by atoms with Gasteiger partial charge in [-0.1, -0.05) is 11.4 Å². The third-order valence-corrected chi connectivity index (χ3v) is 4.63. The summed E-state index contributed by atoms with van der Waals surface area (Å²) in [6.45, 7) is 5.54. The van der Waals surface area contributed by atoms with E-state index in [1.54, 1.807) is 0 Å². The lowest BCUT2D eigenvalue weighted by Crippen LogP contribution is -2.40. The van der Waals surface area contributed by atoms with Crippen molar-refractivity contribution in [3.8, 4) is 0 Å². The fraction of sp³-hybridized carbons (Fsp3) is 0.571. The summed E-state index contributed by atoms with van der Waals surface area (Å²) in [5.41, 5.74) is 1.96. The van der Waals surface area contributed by atoms with Crippen LogP contribution in [0.1, 0.15) is 46.7 Å². The van der Waals surface area contributed by atoms with Crippen molar-refractivity contribution in [1.29, 1.82) is 0 Å². The summed E-state index contributed by atoms with van der Waals surface area (Å²) in [7, 11) is 0. The Morgan fingerprint density at radius 1 is 1.52 bits per heavy atom. The van der Waals surface area contributed by atoms with E-state index in [2.05, 4.69) is 14.7 Å². The molecule has 0 N–H and O–H groups in total. The molecule has 0 unspecified atom stereocenters. The molecule has 0 radical (unpaired) electrons. The van der Waals surface area contributed by atoms with Crippen LogP contribution in [0.5, 0.6) is 0 Å². The van der Waals surface area contributed by atoms with Crippen LogP contribution in [0.15, 0.2) is 12.4 Å². The van der Waals surface area contributed by atoms with Gasteiger partial charge in [0.15, 0.2) is 0 Å². The monoisotopic (exact) mass is 305 g/mol. The third-order valence-electron chi connectivity index (χ3n) is 3.87. The van der Waals surface area contributed by atoms with Gasteiger partial charge in [0.05, 0.1) is 17.9 Å². The number of rotatable bonds is 3. The Morgan fingerprint density at radius 3 is 3.10 bits per heavy atom. The molecule has 7 heteroatoms. The molecule has 0 saturated carbocycles. The minimum atomic E-state index is 0.0652. The van der Waals surface area contributed by atoms with Crippen molar-refractivity contribution in [3.05, 3.63) is 28.5 Å². The number of aromatic nitrogens is 4. The molecule has 1 amide bonds. The molecule has 21 heavy (non-hydrogen) atoms. The standard InChI is InChI=1S/C14H19N5OS/c1-3-12-13(21-17-16-12)14(20)18-6-4-5-11(9-18)19-8-10(2)7-15-19/h7-8,11H,3-6,9H2,1-2H3/t11-/m1/s1. The molecule has 1 saturated heterocycles. The van der Waals surface area contributed by atoms with E-state index in [0.717, 1.165) is 37.1 Å². The summed E-state index contributed by atoms with van der Waals surface area (Å²) in [6, 6.07) is 0.266. The van der Waals surface area contributed by atoms with E-state index in [-0.39, 0.29) is 11.9 Å². The Labute approximate surface area is 127 Å². The number of hydrogen-bond acceptors (Lipinski definition) is 5.